The van der Waals surface area contributed by atoms with Gasteiger partial charge in [-0.1, -0.05) is 62.2 Å². The van der Waals surface area contributed by atoms with Crippen LogP contribution < -0.4 is 21.8 Å². The van der Waals surface area contributed by atoms with Crippen LogP contribution >= 0.6 is 23.2 Å². The Balaban J connectivity index is 1.85. The fourth-order valence-electron chi connectivity index (χ4n) is 5.39. The number of anilines is 1. The summed E-state index contributed by atoms with van der Waals surface area (Å²) in [4.78, 5) is 25.5. The second kappa shape index (κ2) is 11.4. The minimum Gasteiger partial charge on any atom is -0.325 e. The molecule has 0 saturated carbocycles. The molecule has 0 aliphatic carbocycles. The molecule has 0 spiro atoms. The summed E-state index contributed by atoms with van der Waals surface area (Å²) in [7, 11) is 0. The summed E-state index contributed by atoms with van der Waals surface area (Å²) < 4.78 is 31.2. The summed E-state index contributed by atoms with van der Waals surface area (Å²) in [6.07, 6.45) is 0.416. The van der Waals surface area contributed by atoms with Crippen molar-refractivity contribution in [2.45, 2.75) is 50.7 Å². The molecule has 1 saturated heterocycles. The molecular weight excluding hydrogens is 561 g/mol. The quantitative estimate of drug-likeness (QED) is 0.185. The van der Waals surface area contributed by atoms with Crippen molar-refractivity contribution in [1.29, 1.82) is 0 Å². The summed E-state index contributed by atoms with van der Waals surface area (Å²) in [5, 5.41) is 14.9. The number of nitrogens with two attached hydrogens (primary N) is 1. The monoisotopic (exact) mass is 590 g/mol. The van der Waals surface area contributed by atoms with Gasteiger partial charge >= 0.3 is 0 Å². The van der Waals surface area contributed by atoms with E-state index in [9.17, 15) is 9.59 Å². The fraction of sp³-hybridized carbons (Fsp3) is 0.310. The first-order valence-corrected chi connectivity index (χ1v) is 13.3. The van der Waals surface area contributed by atoms with Gasteiger partial charge in [0.25, 0.3) is 5.91 Å². The maximum absolute atomic E-state index is 15.6. The molecule has 7 nitrogen and oxygen atoms in total. The molecule has 3 aromatic carbocycles. The molecule has 2 amide bonds. The van der Waals surface area contributed by atoms with Crippen molar-refractivity contribution >= 4 is 40.7 Å². The number of hydrogen-bond donors (Lipinski definition) is 5. The van der Waals surface area contributed by atoms with Gasteiger partial charge in [0.1, 0.15) is 11.6 Å². The Bertz CT molecular complexity index is 1430. The van der Waals surface area contributed by atoms with Crippen molar-refractivity contribution < 1.29 is 23.6 Å². The number of carbonyl (C=O) groups is 2. The number of hydrogen-bond acceptors (Lipinski definition) is 5. The smallest absolute Gasteiger partial charge is 0.274 e. The summed E-state index contributed by atoms with van der Waals surface area (Å²) in [5.41, 5.74) is 7.45. The lowest BCUT2D eigenvalue weighted by Gasteiger charge is -2.40. The third kappa shape index (κ3) is 5.84. The summed E-state index contributed by atoms with van der Waals surface area (Å²) in [6.45, 7) is 5.96. The molecule has 4 rings (SSSR count). The second-order valence-corrected chi connectivity index (χ2v) is 12.0. The second-order valence-electron chi connectivity index (χ2n) is 11.1. The molecule has 212 valence electrons. The van der Waals surface area contributed by atoms with Crippen molar-refractivity contribution in [2.24, 2.45) is 11.1 Å². The summed E-state index contributed by atoms with van der Waals surface area (Å²) in [5.74, 6) is -3.79. The number of benzene rings is 3. The molecule has 0 unspecified atom stereocenters. The number of hydroxylamine groups is 1. The van der Waals surface area contributed by atoms with E-state index in [-0.39, 0.29) is 32.2 Å². The van der Waals surface area contributed by atoms with Gasteiger partial charge in [0.2, 0.25) is 5.91 Å². The molecule has 0 radical (unpaired) electrons. The van der Waals surface area contributed by atoms with Crippen molar-refractivity contribution in [3.05, 3.63) is 99.0 Å². The van der Waals surface area contributed by atoms with Crippen molar-refractivity contribution in [3.63, 3.8) is 0 Å². The number of rotatable bonds is 6. The van der Waals surface area contributed by atoms with Gasteiger partial charge in [-0.3, -0.25) is 14.8 Å². The predicted octanol–water partition coefficient (Wildman–Crippen LogP) is 5.74. The van der Waals surface area contributed by atoms with Gasteiger partial charge in [0, 0.05) is 33.8 Å². The molecule has 3 aromatic rings. The van der Waals surface area contributed by atoms with E-state index in [1.165, 1.54) is 48.5 Å². The van der Waals surface area contributed by atoms with Crippen LogP contribution in [-0.4, -0.2) is 29.1 Å². The van der Waals surface area contributed by atoms with Gasteiger partial charge in [-0.15, -0.1) is 0 Å². The van der Waals surface area contributed by atoms with Crippen molar-refractivity contribution in [1.82, 2.24) is 10.8 Å². The first-order valence-electron chi connectivity index (χ1n) is 12.6. The Morgan fingerprint density at radius 1 is 1.07 bits per heavy atom. The Kier molecular flexibility index (Phi) is 8.54. The van der Waals surface area contributed by atoms with Gasteiger partial charge < -0.3 is 16.4 Å². The van der Waals surface area contributed by atoms with E-state index in [4.69, 9.17) is 34.1 Å². The Morgan fingerprint density at radius 2 is 1.75 bits per heavy atom. The lowest BCUT2D eigenvalue weighted by atomic mass is 9.68. The van der Waals surface area contributed by atoms with Crippen LogP contribution in [0.3, 0.4) is 0 Å². The topological polar surface area (TPSA) is 116 Å². The highest BCUT2D eigenvalue weighted by atomic mass is 35.5. The Morgan fingerprint density at radius 3 is 2.35 bits per heavy atom. The van der Waals surface area contributed by atoms with E-state index in [0.717, 1.165) is 6.07 Å². The van der Waals surface area contributed by atoms with Crippen molar-refractivity contribution in [2.75, 3.05) is 5.32 Å². The highest BCUT2D eigenvalue weighted by Crippen LogP contribution is 2.50. The third-order valence-corrected chi connectivity index (χ3v) is 7.66. The number of carbonyl (C=O) groups excluding carboxylic acids is 2. The van der Waals surface area contributed by atoms with Crippen LogP contribution in [0.4, 0.5) is 14.5 Å². The standard InChI is InChI=1S/C29H30Cl2F2N4O3/c1-28(2,3)14-22-29(34,19-12-9-16(30)13-21(19)32)23(18-5-4-6-20(31)24(18)33)25(36-22)27(39)35-17-10-7-15(8-11-17)26(38)37-40/h4-13,22-23,25,36,40H,14,34H2,1-3H3,(H,35,39)(H,37,38)/t22-,23-,25+,29+/m0/s1. The SMILES string of the molecule is CC(C)(C)C[C@@H]1N[C@@H](C(=O)Nc2ccc(C(=O)NO)cc2)[C@H](c2cccc(Cl)c2F)[C@@]1(N)c1ccc(Cl)cc1F. The van der Waals surface area contributed by atoms with Crippen LogP contribution in [-0.2, 0) is 10.3 Å². The van der Waals surface area contributed by atoms with E-state index in [1.54, 1.807) is 11.5 Å². The van der Waals surface area contributed by atoms with Crippen molar-refractivity contribution in [3.8, 4) is 0 Å². The molecule has 0 aromatic heterocycles. The van der Waals surface area contributed by atoms with E-state index in [2.05, 4.69) is 10.6 Å². The minimum atomic E-state index is -1.60. The third-order valence-electron chi connectivity index (χ3n) is 7.13. The van der Waals surface area contributed by atoms with Crippen LogP contribution in [0.2, 0.25) is 10.0 Å². The highest BCUT2D eigenvalue weighted by molar-refractivity contribution is 6.31. The minimum absolute atomic E-state index is 0.0587. The normalized spacial score (nSPS) is 22.7. The maximum atomic E-state index is 15.6. The zero-order valence-electron chi connectivity index (χ0n) is 22.1. The van der Waals surface area contributed by atoms with Crippen LogP contribution in [0.25, 0.3) is 0 Å². The van der Waals surface area contributed by atoms with E-state index in [0.29, 0.717) is 12.1 Å². The molecular formula is C29H30Cl2F2N4O3. The van der Waals surface area contributed by atoms with Gasteiger partial charge in [0.05, 0.1) is 16.6 Å². The van der Waals surface area contributed by atoms with Gasteiger partial charge in [-0.05, 0) is 59.9 Å². The van der Waals surface area contributed by atoms with Gasteiger partial charge in [0.15, 0.2) is 0 Å². The van der Waals surface area contributed by atoms with Crippen LogP contribution in [0, 0.1) is 17.0 Å². The van der Waals surface area contributed by atoms with Gasteiger partial charge in [-0.25, -0.2) is 14.3 Å². The lowest BCUT2D eigenvalue weighted by Crippen LogP contribution is -2.52. The lowest BCUT2D eigenvalue weighted by molar-refractivity contribution is -0.118. The molecule has 1 aliphatic rings. The largest absolute Gasteiger partial charge is 0.325 e. The highest BCUT2D eigenvalue weighted by Gasteiger charge is 2.58. The van der Waals surface area contributed by atoms with Crippen LogP contribution in [0.1, 0.15) is 54.6 Å². The molecule has 1 fully saturated rings. The fourth-order valence-corrected chi connectivity index (χ4v) is 5.73. The van der Waals surface area contributed by atoms with E-state index < -0.39 is 47.0 Å². The number of amides is 2. The van der Waals surface area contributed by atoms with Gasteiger partial charge in [-0.2, -0.15) is 0 Å². The zero-order valence-corrected chi connectivity index (χ0v) is 23.6. The number of halogens is 4. The van der Waals surface area contributed by atoms with E-state index >= 15 is 8.78 Å². The first-order chi connectivity index (χ1) is 18.8. The Hall–Kier alpha value is -3.08. The molecule has 1 aliphatic heterocycles. The average molecular weight is 591 g/mol. The molecule has 1 heterocycles. The Labute approximate surface area is 241 Å². The number of nitrogens with one attached hydrogen (secondary N) is 3. The predicted molar refractivity (Wildman–Crippen MR) is 151 cm³/mol. The maximum Gasteiger partial charge on any atom is 0.274 e. The van der Waals surface area contributed by atoms with Crippen LogP contribution in [0.5, 0.6) is 0 Å². The van der Waals surface area contributed by atoms with E-state index in [1.807, 2.05) is 20.8 Å². The molecule has 11 heteroatoms. The molecule has 40 heavy (non-hydrogen) atoms. The molecule has 0 bridgehead atoms. The first kappa shape index (κ1) is 29.9. The summed E-state index contributed by atoms with van der Waals surface area (Å²) in [6, 6.07) is 12.5. The zero-order chi connectivity index (χ0) is 29.4. The van der Waals surface area contributed by atoms with Crippen LogP contribution in [0.15, 0.2) is 60.7 Å². The summed E-state index contributed by atoms with van der Waals surface area (Å²) >= 11 is 12.2. The molecule has 6 N–H and O–H groups in total. The average Bonchev–Trinajstić information content (AvgIpc) is 3.16. The molecule has 4 atom stereocenters.